The smallest absolute Gasteiger partial charge is 0.211 e. The summed E-state index contributed by atoms with van der Waals surface area (Å²) < 4.78 is 29.9. The second kappa shape index (κ2) is 6.84. The lowest BCUT2D eigenvalue weighted by Gasteiger charge is -2.32. The van der Waals surface area contributed by atoms with Crippen LogP contribution in [-0.4, -0.2) is 56.0 Å². The molecular formula is C12H25NO4S. The van der Waals surface area contributed by atoms with Crippen molar-refractivity contribution in [2.24, 2.45) is 5.92 Å². The van der Waals surface area contributed by atoms with E-state index in [1.807, 2.05) is 13.8 Å². The van der Waals surface area contributed by atoms with Gasteiger partial charge in [0.2, 0.25) is 10.0 Å². The largest absolute Gasteiger partial charge is 0.390 e. The van der Waals surface area contributed by atoms with Crippen LogP contribution in [0.25, 0.3) is 0 Å². The molecule has 1 aliphatic rings. The van der Waals surface area contributed by atoms with Crippen LogP contribution in [0, 0.1) is 5.92 Å². The normalized spacial score (nSPS) is 25.9. The van der Waals surface area contributed by atoms with Gasteiger partial charge in [0.15, 0.2) is 0 Å². The first-order chi connectivity index (χ1) is 8.34. The number of hydrogen-bond donors (Lipinski definition) is 1. The molecule has 1 N–H and O–H groups in total. The van der Waals surface area contributed by atoms with Crippen molar-refractivity contribution in [1.82, 2.24) is 4.31 Å². The van der Waals surface area contributed by atoms with E-state index >= 15 is 0 Å². The predicted octanol–water partition coefficient (Wildman–Crippen LogP) is 0.834. The molecule has 0 aromatic carbocycles. The van der Waals surface area contributed by atoms with Crippen molar-refractivity contribution in [3.63, 3.8) is 0 Å². The molecule has 0 aliphatic carbocycles. The average Bonchev–Trinajstić information content (AvgIpc) is 2.28. The summed E-state index contributed by atoms with van der Waals surface area (Å²) in [4.78, 5) is 0. The molecule has 0 bridgehead atoms. The minimum absolute atomic E-state index is 0.191. The number of rotatable bonds is 6. The highest BCUT2D eigenvalue weighted by molar-refractivity contribution is 7.88. The van der Waals surface area contributed by atoms with Crippen molar-refractivity contribution in [2.45, 2.75) is 45.3 Å². The molecule has 0 aromatic rings. The van der Waals surface area contributed by atoms with E-state index in [0.29, 0.717) is 26.1 Å². The van der Waals surface area contributed by atoms with Crippen molar-refractivity contribution in [3.8, 4) is 0 Å². The molecule has 1 fully saturated rings. The lowest BCUT2D eigenvalue weighted by atomic mass is 9.92. The molecule has 0 aromatic heterocycles. The van der Waals surface area contributed by atoms with E-state index in [1.54, 1.807) is 0 Å². The minimum atomic E-state index is -3.10. The molecule has 3 atom stereocenters. The maximum Gasteiger partial charge on any atom is 0.211 e. The Bertz CT molecular complexity index is 344. The van der Waals surface area contributed by atoms with Gasteiger partial charge in [0.25, 0.3) is 0 Å². The van der Waals surface area contributed by atoms with Gasteiger partial charge in [-0.3, -0.25) is 0 Å². The molecule has 1 aliphatic heterocycles. The van der Waals surface area contributed by atoms with Gasteiger partial charge in [0, 0.05) is 19.7 Å². The van der Waals surface area contributed by atoms with Crippen molar-refractivity contribution >= 4 is 10.0 Å². The van der Waals surface area contributed by atoms with Gasteiger partial charge in [-0.15, -0.1) is 0 Å². The third kappa shape index (κ3) is 4.84. The Balaban J connectivity index is 2.47. The molecule has 0 spiro atoms. The van der Waals surface area contributed by atoms with E-state index in [1.165, 1.54) is 10.6 Å². The number of nitrogens with zero attached hydrogens (tertiary/aromatic N) is 1. The molecule has 5 nitrogen and oxygen atoms in total. The van der Waals surface area contributed by atoms with Gasteiger partial charge in [0.05, 0.1) is 18.5 Å². The molecule has 1 rings (SSSR count). The highest BCUT2D eigenvalue weighted by atomic mass is 32.2. The zero-order valence-electron chi connectivity index (χ0n) is 11.5. The third-order valence-corrected chi connectivity index (χ3v) is 4.77. The first kappa shape index (κ1) is 15.9. The number of ether oxygens (including phenoxy) is 1. The van der Waals surface area contributed by atoms with Crippen molar-refractivity contribution in [3.05, 3.63) is 0 Å². The fourth-order valence-electron chi connectivity index (χ4n) is 2.43. The predicted molar refractivity (Wildman–Crippen MR) is 70.9 cm³/mol. The SMILES string of the molecule is CCOC(C)C(O)CC1CCCN(S(C)(=O)=O)C1. The number of piperidine rings is 1. The van der Waals surface area contributed by atoms with Crippen LogP contribution in [0.1, 0.15) is 33.1 Å². The first-order valence-electron chi connectivity index (χ1n) is 6.59. The maximum atomic E-state index is 11.5. The van der Waals surface area contributed by atoms with Crippen LogP contribution in [0.3, 0.4) is 0 Å². The first-order valence-corrected chi connectivity index (χ1v) is 8.44. The van der Waals surface area contributed by atoms with E-state index < -0.39 is 16.1 Å². The summed E-state index contributed by atoms with van der Waals surface area (Å²) in [6.45, 7) is 5.46. The number of aliphatic hydroxyl groups excluding tert-OH is 1. The maximum absolute atomic E-state index is 11.5. The van der Waals surface area contributed by atoms with E-state index in [-0.39, 0.29) is 12.0 Å². The molecule has 1 saturated heterocycles. The topological polar surface area (TPSA) is 66.8 Å². The molecule has 0 saturated carbocycles. The summed E-state index contributed by atoms with van der Waals surface area (Å²) in [5.74, 6) is 0.228. The molecule has 0 amide bonds. The molecule has 6 heteroatoms. The van der Waals surface area contributed by atoms with E-state index in [9.17, 15) is 13.5 Å². The fraction of sp³-hybridized carbons (Fsp3) is 1.00. The van der Waals surface area contributed by atoms with Crippen LogP contribution in [0.2, 0.25) is 0 Å². The summed E-state index contributed by atoms with van der Waals surface area (Å²) in [7, 11) is -3.10. The van der Waals surface area contributed by atoms with Gasteiger partial charge in [-0.25, -0.2) is 12.7 Å². The molecular weight excluding hydrogens is 254 g/mol. The summed E-state index contributed by atoms with van der Waals surface area (Å²) in [5, 5.41) is 10.00. The summed E-state index contributed by atoms with van der Waals surface area (Å²) >= 11 is 0. The quantitative estimate of drug-likeness (QED) is 0.782. The van der Waals surface area contributed by atoms with Crippen LogP contribution in [0.4, 0.5) is 0 Å². The lowest BCUT2D eigenvalue weighted by Crippen LogP contribution is -2.41. The van der Waals surface area contributed by atoms with Gasteiger partial charge in [-0.1, -0.05) is 0 Å². The second-order valence-electron chi connectivity index (χ2n) is 5.09. The Hall–Kier alpha value is -0.170. The van der Waals surface area contributed by atoms with E-state index in [2.05, 4.69) is 0 Å². The van der Waals surface area contributed by atoms with Gasteiger partial charge in [-0.2, -0.15) is 0 Å². The van der Waals surface area contributed by atoms with Gasteiger partial charge in [-0.05, 0) is 39.0 Å². The summed E-state index contributed by atoms with van der Waals surface area (Å²) in [6.07, 6.45) is 2.98. The minimum Gasteiger partial charge on any atom is -0.390 e. The highest BCUT2D eigenvalue weighted by Crippen LogP contribution is 2.24. The van der Waals surface area contributed by atoms with Crippen LogP contribution in [-0.2, 0) is 14.8 Å². The monoisotopic (exact) mass is 279 g/mol. The Morgan fingerprint density at radius 1 is 1.50 bits per heavy atom. The van der Waals surface area contributed by atoms with Gasteiger partial charge < -0.3 is 9.84 Å². The van der Waals surface area contributed by atoms with Crippen LogP contribution < -0.4 is 0 Å². The molecule has 18 heavy (non-hydrogen) atoms. The van der Waals surface area contributed by atoms with Crippen LogP contribution in [0.15, 0.2) is 0 Å². The Kier molecular flexibility index (Phi) is 6.04. The van der Waals surface area contributed by atoms with Crippen molar-refractivity contribution in [2.75, 3.05) is 26.0 Å². The number of hydrogen-bond acceptors (Lipinski definition) is 4. The molecule has 108 valence electrons. The van der Waals surface area contributed by atoms with Crippen molar-refractivity contribution < 1.29 is 18.3 Å². The lowest BCUT2D eigenvalue weighted by molar-refractivity contribution is -0.0340. The van der Waals surface area contributed by atoms with E-state index in [4.69, 9.17) is 4.74 Å². The number of sulfonamides is 1. The molecule has 3 unspecified atom stereocenters. The average molecular weight is 279 g/mol. The fourth-order valence-corrected chi connectivity index (χ4v) is 3.37. The zero-order chi connectivity index (χ0) is 13.8. The zero-order valence-corrected chi connectivity index (χ0v) is 12.3. The number of aliphatic hydroxyl groups is 1. The Labute approximate surface area is 110 Å². The van der Waals surface area contributed by atoms with Crippen LogP contribution in [0.5, 0.6) is 0 Å². The summed E-state index contributed by atoms with van der Waals surface area (Å²) in [5.41, 5.74) is 0. The Morgan fingerprint density at radius 3 is 2.72 bits per heavy atom. The molecule has 1 heterocycles. The standard InChI is InChI=1S/C12H25NO4S/c1-4-17-10(2)12(14)8-11-6-5-7-13(9-11)18(3,15)16/h10-12,14H,4-9H2,1-3H3. The Morgan fingerprint density at radius 2 is 2.17 bits per heavy atom. The third-order valence-electron chi connectivity index (χ3n) is 3.50. The highest BCUT2D eigenvalue weighted by Gasteiger charge is 2.28. The van der Waals surface area contributed by atoms with Crippen molar-refractivity contribution in [1.29, 1.82) is 0 Å². The second-order valence-corrected chi connectivity index (χ2v) is 7.08. The molecule has 0 radical (unpaired) electrons. The van der Waals surface area contributed by atoms with Crippen LogP contribution >= 0.6 is 0 Å². The van der Waals surface area contributed by atoms with E-state index in [0.717, 1.165) is 12.8 Å². The summed E-state index contributed by atoms with van der Waals surface area (Å²) in [6, 6.07) is 0. The van der Waals surface area contributed by atoms with Gasteiger partial charge in [0.1, 0.15) is 0 Å². The van der Waals surface area contributed by atoms with Gasteiger partial charge >= 0.3 is 0 Å².